The number of fused-ring (bicyclic) bond motifs is 5. The van der Waals surface area contributed by atoms with Crippen LogP contribution in [0.1, 0.15) is 105 Å². The molecule has 0 heterocycles. The lowest BCUT2D eigenvalue weighted by Gasteiger charge is -2.59. The van der Waals surface area contributed by atoms with E-state index in [9.17, 15) is 10.2 Å². The van der Waals surface area contributed by atoms with Gasteiger partial charge in [-0.25, -0.2) is 0 Å². The highest BCUT2D eigenvalue weighted by Gasteiger charge is 2.61. The molecule has 2 nitrogen and oxygen atoms in total. The van der Waals surface area contributed by atoms with Gasteiger partial charge in [-0.1, -0.05) is 52.2 Å². The first-order valence-electron chi connectivity index (χ1n) is 12.7. The molecule has 166 valence electrons. The topological polar surface area (TPSA) is 40.5 Å². The van der Waals surface area contributed by atoms with Crippen LogP contribution < -0.4 is 0 Å². The summed E-state index contributed by atoms with van der Waals surface area (Å²) in [4.78, 5) is 0. The van der Waals surface area contributed by atoms with Gasteiger partial charge >= 0.3 is 0 Å². The van der Waals surface area contributed by atoms with Crippen molar-refractivity contribution in [1.82, 2.24) is 0 Å². The van der Waals surface area contributed by atoms with Gasteiger partial charge in [0.15, 0.2) is 0 Å². The molecule has 2 heteroatoms. The van der Waals surface area contributed by atoms with Crippen molar-refractivity contribution in [2.24, 2.45) is 40.4 Å². The highest BCUT2D eigenvalue weighted by atomic mass is 16.3. The summed E-state index contributed by atoms with van der Waals surface area (Å²) in [6.07, 6.45) is 15.2. The third-order valence-electron chi connectivity index (χ3n) is 10.3. The lowest BCUT2D eigenvalue weighted by Crippen LogP contribution is -2.53. The Morgan fingerprint density at radius 1 is 1.10 bits per heavy atom. The van der Waals surface area contributed by atoms with Gasteiger partial charge in [0.2, 0.25) is 0 Å². The van der Waals surface area contributed by atoms with E-state index < -0.39 is 5.60 Å². The number of hydrogen-bond donors (Lipinski definition) is 2. The molecule has 0 aromatic heterocycles. The molecule has 8 atom stereocenters. The Bertz CT molecular complexity index is 634. The fraction of sp³-hybridized carbons (Fsp3) is 0.926. The van der Waals surface area contributed by atoms with Gasteiger partial charge in [0.1, 0.15) is 0 Å². The second-order valence-electron chi connectivity index (χ2n) is 12.5. The monoisotopic (exact) mass is 402 g/mol. The van der Waals surface area contributed by atoms with Gasteiger partial charge in [-0.15, -0.1) is 0 Å². The third kappa shape index (κ3) is 3.65. The van der Waals surface area contributed by atoms with E-state index in [2.05, 4.69) is 40.7 Å². The first-order chi connectivity index (χ1) is 13.6. The lowest BCUT2D eigenvalue weighted by molar-refractivity contribution is -0.105. The molecule has 0 spiro atoms. The Balaban J connectivity index is 1.53. The van der Waals surface area contributed by atoms with Crippen LogP contribution in [0.3, 0.4) is 0 Å². The summed E-state index contributed by atoms with van der Waals surface area (Å²) in [7, 11) is 0. The third-order valence-corrected chi connectivity index (χ3v) is 10.3. The molecular formula is C27H46O2. The van der Waals surface area contributed by atoms with E-state index in [1.54, 1.807) is 5.57 Å². The summed E-state index contributed by atoms with van der Waals surface area (Å²) in [5, 5.41) is 21.8. The zero-order valence-corrected chi connectivity index (χ0v) is 19.7. The average Bonchev–Trinajstić information content (AvgIpc) is 3.00. The summed E-state index contributed by atoms with van der Waals surface area (Å²) in [6.45, 7) is 11.8. The van der Waals surface area contributed by atoms with E-state index in [1.165, 1.54) is 44.9 Å². The molecule has 0 radical (unpaired) electrons. The van der Waals surface area contributed by atoms with Crippen molar-refractivity contribution in [3.63, 3.8) is 0 Å². The molecule has 0 aromatic rings. The molecule has 4 rings (SSSR count). The maximum absolute atomic E-state index is 11.6. The summed E-state index contributed by atoms with van der Waals surface area (Å²) in [5.41, 5.74) is 1.68. The second kappa shape index (κ2) is 7.66. The van der Waals surface area contributed by atoms with Crippen LogP contribution in [-0.4, -0.2) is 21.9 Å². The second-order valence-corrected chi connectivity index (χ2v) is 12.5. The molecule has 4 aliphatic carbocycles. The molecule has 0 aliphatic heterocycles. The van der Waals surface area contributed by atoms with Crippen LogP contribution in [0.15, 0.2) is 11.6 Å². The van der Waals surface area contributed by atoms with Crippen LogP contribution >= 0.6 is 0 Å². The van der Waals surface area contributed by atoms with Crippen molar-refractivity contribution >= 4 is 0 Å². The zero-order valence-electron chi connectivity index (χ0n) is 19.7. The van der Waals surface area contributed by atoms with E-state index in [-0.39, 0.29) is 6.10 Å². The molecule has 5 unspecified atom stereocenters. The smallest absolute Gasteiger partial charge is 0.0653 e. The maximum Gasteiger partial charge on any atom is 0.0653 e. The molecule has 2 N–H and O–H groups in total. The number of allylic oxidation sites excluding steroid dienone is 1. The van der Waals surface area contributed by atoms with Gasteiger partial charge in [0.25, 0.3) is 0 Å². The summed E-state index contributed by atoms with van der Waals surface area (Å²) in [6, 6.07) is 0. The van der Waals surface area contributed by atoms with Crippen LogP contribution in [0.2, 0.25) is 0 Å². The molecule has 3 saturated carbocycles. The van der Waals surface area contributed by atoms with Crippen LogP contribution in [-0.2, 0) is 0 Å². The van der Waals surface area contributed by atoms with E-state index in [4.69, 9.17) is 0 Å². The van der Waals surface area contributed by atoms with Crippen molar-refractivity contribution in [2.75, 3.05) is 0 Å². The summed E-state index contributed by atoms with van der Waals surface area (Å²) in [5.74, 6) is 3.53. The molecule has 3 fully saturated rings. The largest absolute Gasteiger partial charge is 0.393 e. The quantitative estimate of drug-likeness (QED) is 0.515. The first-order valence-corrected chi connectivity index (χ1v) is 12.7. The van der Waals surface area contributed by atoms with Gasteiger partial charge in [0.05, 0.1) is 11.7 Å². The summed E-state index contributed by atoms with van der Waals surface area (Å²) >= 11 is 0. The number of rotatable bonds is 5. The maximum atomic E-state index is 11.6. The summed E-state index contributed by atoms with van der Waals surface area (Å²) < 4.78 is 0. The molecule has 0 amide bonds. The van der Waals surface area contributed by atoms with E-state index in [1.807, 2.05) is 0 Å². The standard InChI is InChI=1S/C27H46O2/c1-18(2)7-6-14-27(5,29)24-11-10-22-21-9-8-19-17-20(28)12-15-25(19,3)23(21)13-16-26(22,24)4/h8,18,20-24,28-29H,6-7,9-17H2,1-5H3/t20?,21?,22?,23?,24?,25-,26-,27+/m0/s1. The number of hydrogen-bond acceptors (Lipinski definition) is 2. The minimum Gasteiger partial charge on any atom is -0.393 e. The van der Waals surface area contributed by atoms with E-state index in [0.717, 1.165) is 49.4 Å². The van der Waals surface area contributed by atoms with Crippen molar-refractivity contribution in [2.45, 2.75) is 117 Å². The van der Waals surface area contributed by atoms with Gasteiger partial charge in [-0.3, -0.25) is 0 Å². The molecular weight excluding hydrogens is 356 g/mol. The van der Waals surface area contributed by atoms with Crippen molar-refractivity contribution in [3.8, 4) is 0 Å². The minimum atomic E-state index is -0.514. The van der Waals surface area contributed by atoms with Crippen molar-refractivity contribution in [3.05, 3.63) is 11.6 Å². The lowest BCUT2D eigenvalue weighted by atomic mass is 9.46. The zero-order chi connectivity index (χ0) is 21.0. The van der Waals surface area contributed by atoms with Gasteiger partial charge in [0, 0.05) is 0 Å². The van der Waals surface area contributed by atoms with Crippen LogP contribution in [0.25, 0.3) is 0 Å². The van der Waals surface area contributed by atoms with Crippen LogP contribution in [0.4, 0.5) is 0 Å². The highest BCUT2D eigenvalue weighted by Crippen LogP contribution is 2.67. The molecule has 0 aromatic carbocycles. The van der Waals surface area contributed by atoms with Crippen molar-refractivity contribution < 1.29 is 10.2 Å². The molecule has 4 aliphatic rings. The van der Waals surface area contributed by atoms with Crippen LogP contribution in [0.5, 0.6) is 0 Å². The minimum absolute atomic E-state index is 0.114. The van der Waals surface area contributed by atoms with Gasteiger partial charge in [-0.2, -0.15) is 0 Å². The number of aliphatic hydroxyl groups excluding tert-OH is 1. The van der Waals surface area contributed by atoms with E-state index in [0.29, 0.717) is 16.7 Å². The first kappa shape index (κ1) is 21.9. The van der Waals surface area contributed by atoms with Crippen molar-refractivity contribution in [1.29, 1.82) is 0 Å². The van der Waals surface area contributed by atoms with E-state index >= 15 is 0 Å². The Kier molecular flexibility index (Phi) is 5.78. The highest BCUT2D eigenvalue weighted by molar-refractivity contribution is 5.25. The Morgan fingerprint density at radius 2 is 1.86 bits per heavy atom. The molecule has 0 saturated heterocycles. The average molecular weight is 403 g/mol. The fourth-order valence-electron chi connectivity index (χ4n) is 8.71. The molecule has 29 heavy (non-hydrogen) atoms. The normalized spacial score (nSPS) is 46.5. The Labute approximate surface area is 179 Å². The van der Waals surface area contributed by atoms with Gasteiger partial charge in [-0.05, 0) is 105 Å². The Morgan fingerprint density at radius 3 is 2.59 bits per heavy atom. The predicted molar refractivity (Wildman–Crippen MR) is 121 cm³/mol. The fourth-order valence-corrected chi connectivity index (χ4v) is 8.71. The number of aliphatic hydroxyl groups is 2. The van der Waals surface area contributed by atoms with Gasteiger partial charge < -0.3 is 10.2 Å². The SMILES string of the molecule is CC(C)CCC[C@@](C)(O)C1CCC2C3CC=C4CC(O)CC[C@]4(C)C3CC[C@@]21C. The molecule has 0 bridgehead atoms. The Hall–Kier alpha value is -0.340. The van der Waals surface area contributed by atoms with Crippen LogP contribution in [0, 0.1) is 40.4 Å². The predicted octanol–water partition coefficient (Wildman–Crippen LogP) is 6.50.